The van der Waals surface area contributed by atoms with Crippen LogP contribution in [0.25, 0.3) is 5.57 Å². The molecule has 0 fully saturated rings. The van der Waals surface area contributed by atoms with Crippen LogP contribution in [-0.2, 0) is 17.5 Å². The van der Waals surface area contributed by atoms with E-state index in [4.69, 9.17) is 0 Å². The Morgan fingerprint density at radius 1 is 1.38 bits per heavy atom. The van der Waals surface area contributed by atoms with Gasteiger partial charge in [0.05, 0.1) is 12.1 Å². The summed E-state index contributed by atoms with van der Waals surface area (Å²) in [6.07, 6.45) is -0.402. The quantitative estimate of drug-likeness (QED) is 0.853. The molecule has 0 aliphatic heterocycles. The van der Waals surface area contributed by atoms with Crippen molar-refractivity contribution >= 4 is 11.5 Å². The van der Waals surface area contributed by atoms with Gasteiger partial charge in [-0.3, -0.25) is 9.48 Å². The smallest absolute Gasteiger partial charge is 0.348 e. The molecule has 128 valence electrons. The van der Waals surface area contributed by atoms with E-state index in [1.165, 1.54) is 43.9 Å². The van der Waals surface area contributed by atoms with Gasteiger partial charge in [-0.15, -0.1) is 0 Å². The van der Waals surface area contributed by atoms with Crippen molar-refractivity contribution in [1.82, 2.24) is 20.1 Å². The van der Waals surface area contributed by atoms with Crippen molar-refractivity contribution in [2.24, 2.45) is 0 Å². The Labute approximate surface area is 137 Å². The summed E-state index contributed by atoms with van der Waals surface area (Å²) in [5.74, 6) is -0.461. The number of allylic oxidation sites excluding steroid dienone is 1. The van der Waals surface area contributed by atoms with Gasteiger partial charge >= 0.3 is 6.18 Å². The molecule has 0 radical (unpaired) electrons. The van der Waals surface area contributed by atoms with Gasteiger partial charge in [-0.25, -0.2) is 4.98 Å². The first-order valence-corrected chi connectivity index (χ1v) is 7.25. The Bertz CT molecular complexity index is 723. The Kier molecular flexibility index (Phi) is 5.38. The highest BCUT2D eigenvalue weighted by Crippen LogP contribution is 2.34. The summed E-state index contributed by atoms with van der Waals surface area (Å²) >= 11 is 0. The van der Waals surface area contributed by atoms with Gasteiger partial charge in [0.1, 0.15) is 12.7 Å². The Balaban J connectivity index is 2.09. The lowest BCUT2D eigenvalue weighted by Gasteiger charge is -2.14. The molecule has 1 unspecified atom stereocenters. The highest BCUT2D eigenvalue weighted by molar-refractivity contribution is 5.95. The van der Waals surface area contributed by atoms with Gasteiger partial charge in [0.2, 0.25) is 5.91 Å². The van der Waals surface area contributed by atoms with Crippen molar-refractivity contribution in [2.75, 3.05) is 0 Å². The van der Waals surface area contributed by atoms with Crippen molar-refractivity contribution in [3.63, 3.8) is 0 Å². The van der Waals surface area contributed by atoms with Crippen LogP contribution in [0, 0.1) is 0 Å². The van der Waals surface area contributed by atoms with Gasteiger partial charge in [-0.2, -0.15) is 18.3 Å². The number of rotatable bonds is 5. The van der Waals surface area contributed by atoms with Gasteiger partial charge in [-0.1, -0.05) is 18.2 Å². The van der Waals surface area contributed by atoms with E-state index in [1.807, 2.05) is 0 Å². The predicted molar refractivity (Wildman–Crippen MR) is 82.7 cm³/mol. The number of hydrogen-bond acceptors (Lipinski definition) is 3. The number of halogens is 3. The van der Waals surface area contributed by atoms with Crippen molar-refractivity contribution < 1.29 is 18.0 Å². The van der Waals surface area contributed by atoms with Gasteiger partial charge in [0, 0.05) is 12.1 Å². The summed E-state index contributed by atoms with van der Waals surface area (Å²) in [6, 6.07) is 4.92. The third-order valence-electron chi connectivity index (χ3n) is 3.32. The van der Waals surface area contributed by atoms with Crippen LogP contribution in [0.2, 0.25) is 0 Å². The van der Waals surface area contributed by atoms with Crippen LogP contribution in [0.3, 0.4) is 0 Å². The molecule has 0 saturated heterocycles. The zero-order chi connectivity index (χ0) is 17.7. The molecule has 1 N–H and O–H groups in total. The van der Waals surface area contributed by atoms with Crippen LogP contribution in [0.1, 0.15) is 25.0 Å². The van der Waals surface area contributed by atoms with Crippen LogP contribution in [0.15, 0.2) is 43.0 Å². The fourth-order valence-electron chi connectivity index (χ4n) is 2.29. The number of carbonyl (C=O) groups is 1. The molecule has 0 aliphatic carbocycles. The number of hydrogen-bond donors (Lipinski definition) is 1. The van der Waals surface area contributed by atoms with Crippen LogP contribution in [0.4, 0.5) is 13.2 Å². The fourth-order valence-corrected chi connectivity index (χ4v) is 2.29. The van der Waals surface area contributed by atoms with Crippen LogP contribution in [-0.4, -0.2) is 26.7 Å². The average Bonchev–Trinajstić information content (AvgIpc) is 2.98. The second-order valence-corrected chi connectivity index (χ2v) is 5.40. The number of nitrogens with one attached hydrogen (secondary N) is 1. The molecule has 5 nitrogen and oxygen atoms in total. The number of alkyl halides is 3. The summed E-state index contributed by atoms with van der Waals surface area (Å²) in [4.78, 5) is 15.8. The molecule has 1 heterocycles. The third-order valence-corrected chi connectivity index (χ3v) is 3.32. The van der Waals surface area contributed by atoms with Gasteiger partial charge in [0.15, 0.2) is 0 Å². The van der Waals surface area contributed by atoms with Crippen molar-refractivity contribution in [3.05, 3.63) is 54.1 Å². The fraction of sp³-hybridized carbons (Fsp3) is 0.312. The molecule has 8 heteroatoms. The van der Waals surface area contributed by atoms with Crippen molar-refractivity contribution in [3.8, 4) is 0 Å². The van der Waals surface area contributed by atoms with Crippen molar-refractivity contribution in [1.29, 1.82) is 0 Å². The van der Waals surface area contributed by atoms with Crippen LogP contribution in [0.5, 0.6) is 0 Å². The van der Waals surface area contributed by atoms with Crippen LogP contribution < -0.4 is 5.32 Å². The van der Waals surface area contributed by atoms with Crippen LogP contribution >= 0.6 is 0 Å². The SMILES string of the molecule is C/C(=C/C(=O)NC(C)Cn1cncn1)c1ccccc1C(F)(F)F. The maximum Gasteiger partial charge on any atom is 0.416 e. The van der Waals surface area contributed by atoms with E-state index < -0.39 is 17.6 Å². The minimum Gasteiger partial charge on any atom is -0.348 e. The summed E-state index contributed by atoms with van der Waals surface area (Å²) in [5, 5.41) is 6.62. The summed E-state index contributed by atoms with van der Waals surface area (Å²) in [6.45, 7) is 3.66. The standard InChI is InChI=1S/C16H17F3N4O/c1-11(13-5-3-4-6-14(13)16(17,18)19)7-15(24)22-12(2)8-23-10-20-9-21-23/h3-7,9-10,12H,8H2,1-2H3,(H,22,24)/b11-7-. The summed E-state index contributed by atoms with van der Waals surface area (Å²) < 4.78 is 40.6. The average molecular weight is 338 g/mol. The Morgan fingerprint density at radius 2 is 2.08 bits per heavy atom. The molecule has 0 saturated carbocycles. The molecule has 0 bridgehead atoms. The lowest BCUT2D eigenvalue weighted by molar-refractivity contribution is -0.137. The molecule has 2 rings (SSSR count). The highest BCUT2D eigenvalue weighted by atomic mass is 19.4. The second kappa shape index (κ2) is 7.29. The zero-order valence-corrected chi connectivity index (χ0v) is 13.2. The molecule has 1 aromatic carbocycles. The van der Waals surface area contributed by atoms with Gasteiger partial charge in [-0.05, 0) is 31.1 Å². The van der Waals surface area contributed by atoms with Gasteiger partial charge < -0.3 is 5.32 Å². The van der Waals surface area contributed by atoms with E-state index in [2.05, 4.69) is 15.4 Å². The van der Waals surface area contributed by atoms with E-state index in [-0.39, 0.29) is 17.2 Å². The number of carbonyl (C=O) groups excluding carboxylic acids is 1. The topological polar surface area (TPSA) is 59.8 Å². The normalized spacial score (nSPS) is 13.6. The molecule has 0 spiro atoms. The van der Waals surface area contributed by atoms with Gasteiger partial charge in [0.25, 0.3) is 0 Å². The molecule has 0 aliphatic rings. The van der Waals surface area contributed by atoms with E-state index in [9.17, 15) is 18.0 Å². The van der Waals surface area contributed by atoms with Crippen molar-refractivity contribution in [2.45, 2.75) is 32.6 Å². The minimum atomic E-state index is -4.47. The maximum absolute atomic E-state index is 13.0. The molecule has 2 aromatic rings. The highest BCUT2D eigenvalue weighted by Gasteiger charge is 2.33. The van der Waals surface area contributed by atoms with E-state index in [0.717, 1.165) is 6.07 Å². The first-order valence-electron chi connectivity index (χ1n) is 7.25. The third kappa shape index (κ3) is 4.68. The molecule has 1 amide bonds. The van der Waals surface area contributed by atoms with E-state index >= 15 is 0 Å². The first kappa shape index (κ1) is 17.7. The molecule has 1 aromatic heterocycles. The monoisotopic (exact) mass is 338 g/mol. The molecule has 24 heavy (non-hydrogen) atoms. The number of nitrogens with zero attached hydrogens (tertiary/aromatic N) is 3. The lowest BCUT2D eigenvalue weighted by Crippen LogP contribution is -2.34. The lowest BCUT2D eigenvalue weighted by atomic mass is 10.00. The largest absolute Gasteiger partial charge is 0.416 e. The molecular formula is C16H17F3N4O. The number of amides is 1. The van der Waals surface area contributed by atoms with E-state index in [1.54, 1.807) is 11.6 Å². The zero-order valence-electron chi connectivity index (χ0n) is 13.2. The number of benzene rings is 1. The first-order chi connectivity index (χ1) is 11.3. The summed E-state index contributed by atoms with van der Waals surface area (Å²) in [5.41, 5.74) is -0.528. The Hall–Kier alpha value is -2.64. The minimum absolute atomic E-state index is 0.0101. The van der Waals surface area contributed by atoms with E-state index in [0.29, 0.717) is 6.54 Å². The Morgan fingerprint density at radius 3 is 2.71 bits per heavy atom. The molecular weight excluding hydrogens is 321 g/mol. The summed E-state index contributed by atoms with van der Waals surface area (Å²) in [7, 11) is 0. The molecule has 1 atom stereocenters. The maximum atomic E-state index is 13.0. The number of aromatic nitrogens is 3. The predicted octanol–water partition coefficient (Wildman–Crippen LogP) is 2.91. The second-order valence-electron chi connectivity index (χ2n) is 5.40.